The van der Waals surface area contributed by atoms with Crippen LogP contribution in [0.15, 0.2) is 24.3 Å². The van der Waals surface area contributed by atoms with Crippen LogP contribution < -0.4 is 4.74 Å². The summed E-state index contributed by atoms with van der Waals surface area (Å²) in [5.74, 6) is 0.422. The molecule has 6 nitrogen and oxygen atoms in total. The van der Waals surface area contributed by atoms with Crippen molar-refractivity contribution in [3.05, 3.63) is 29.8 Å². The SMILES string of the molecule is CN1CCO[C@H]2CCN(C(=O)c3ccccc3OCC#N)C[C@@H]21. The molecule has 2 atom stereocenters. The topological polar surface area (TPSA) is 65.8 Å². The lowest BCUT2D eigenvalue weighted by molar-refractivity contribution is -0.0893. The number of likely N-dealkylation sites (N-methyl/N-ethyl adjacent to an activating group) is 1. The van der Waals surface area contributed by atoms with Crippen LogP contribution in [0.1, 0.15) is 16.8 Å². The van der Waals surface area contributed by atoms with E-state index in [1.165, 1.54) is 0 Å². The quantitative estimate of drug-likeness (QED) is 0.837. The molecule has 122 valence electrons. The second-order valence-electron chi connectivity index (χ2n) is 5.94. The average Bonchev–Trinajstić information content (AvgIpc) is 2.60. The van der Waals surface area contributed by atoms with Gasteiger partial charge in [-0.05, 0) is 25.6 Å². The van der Waals surface area contributed by atoms with E-state index in [0.717, 1.165) is 19.6 Å². The molecular formula is C17H21N3O3. The summed E-state index contributed by atoms with van der Waals surface area (Å²) in [7, 11) is 2.08. The number of benzene rings is 1. The van der Waals surface area contributed by atoms with Crippen molar-refractivity contribution in [2.45, 2.75) is 18.6 Å². The number of hydrogen-bond acceptors (Lipinski definition) is 5. The Morgan fingerprint density at radius 1 is 1.43 bits per heavy atom. The number of carbonyl (C=O) groups is 1. The minimum Gasteiger partial charge on any atom is -0.478 e. The van der Waals surface area contributed by atoms with E-state index < -0.39 is 0 Å². The van der Waals surface area contributed by atoms with Gasteiger partial charge in [-0.3, -0.25) is 9.69 Å². The molecule has 2 aliphatic heterocycles. The van der Waals surface area contributed by atoms with Gasteiger partial charge in [-0.1, -0.05) is 12.1 Å². The number of likely N-dealkylation sites (tertiary alicyclic amines) is 1. The highest BCUT2D eigenvalue weighted by Crippen LogP contribution is 2.25. The molecule has 1 amide bonds. The van der Waals surface area contributed by atoms with E-state index in [9.17, 15) is 4.79 Å². The predicted molar refractivity (Wildman–Crippen MR) is 84.2 cm³/mol. The number of fused-ring (bicyclic) bond motifs is 1. The Hall–Kier alpha value is -2.10. The van der Waals surface area contributed by atoms with E-state index >= 15 is 0 Å². The molecule has 0 N–H and O–H groups in total. The normalized spacial score (nSPS) is 24.6. The summed E-state index contributed by atoms with van der Waals surface area (Å²) in [6.07, 6.45) is 1.06. The van der Waals surface area contributed by atoms with Crippen molar-refractivity contribution >= 4 is 5.91 Å². The van der Waals surface area contributed by atoms with Crippen LogP contribution in [0.25, 0.3) is 0 Å². The van der Waals surface area contributed by atoms with Gasteiger partial charge in [0.1, 0.15) is 11.8 Å². The van der Waals surface area contributed by atoms with Crippen LogP contribution in [0, 0.1) is 11.3 Å². The molecule has 2 heterocycles. The molecule has 0 unspecified atom stereocenters. The van der Waals surface area contributed by atoms with Crippen LogP contribution >= 0.6 is 0 Å². The standard InChI is InChI=1S/C17H21N3O3/c1-19-9-11-23-16-6-8-20(12-14(16)19)17(21)13-4-2-3-5-15(13)22-10-7-18/h2-5,14,16H,6,8-12H2,1H3/t14-,16-/m0/s1. The van der Waals surface area contributed by atoms with Crippen LogP contribution in [0.5, 0.6) is 5.75 Å². The van der Waals surface area contributed by atoms with Crippen molar-refractivity contribution in [1.82, 2.24) is 9.80 Å². The second kappa shape index (κ2) is 6.99. The number of carbonyl (C=O) groups excluding carboxylic acids is 1. The molecule has 0 radical (unpaired) electrons. The van der Waals surface area contributed by atoms with Gasteiger partial charge in [0, 0.05) is 19.6 Å². The fourth-order valence-electron chi connectivity index (χ4n) is 3.28. The Bertz CT molecular complexity index is 613. The average molecular weight is 315 g/mol. The number of nitrogens with zero attached hydrogens (tertiary/aromatic N) is 3. The fraction of sp³-hybridized carbons (Fsp3) is 0.529. The third kappa shape index (κ3) is 3.31. The van der Waals surface area contributed by atoms with Crippen molar-refractivity contribution in [1.29, 1.82) is 5.26 Å². The van der Waals surface area contributed by atoms with Crippen molar-refractivity contribution < 1.29 is 14.3 Å². The minimum absolute atomic E-state index is 0.0454. The molecule has 3 rings (SSSR count). The molecular weight excluding hydrogens is 294 g/mol. The van der Waals surface area contributed by atoms with Crippen LogP contribution in [-0.4, -0.2) is 67.7 Å². The zero-order chi connectivity index (χ0) is 16.2. The van der Waals surface area contributed by atoms with E-state index in [2.05, 4.69) is 11.9 Å². The smallest absolute Gasteiger partial charge is 0.257 e. The van der Waals surface area contributed by atoms with Gasteiger partial charge >= 0.3 is 0 Å². The number of nitriles is 1. The highest BCUT2D eigenvalue weighted by atomic mass is 16.5. The summed E-state index contributed by atoms with van der Waals surface area (Å²) in [6.45, 7) is 2.93. The summed E-state index contributed by atoms with van der Waals surface area (Å²) in [5, 5.41) is 8.67. The van der Waals surface area contributed by atoms with E-state index in [-0.39, 0.29) is 24.7 Å². The molecule has 0 aliphatic carbocycles. The maximum atomic E-state index is 12.9. The van der Waals surface area contributed by atoms with Crippen LogP contribution in [0.4, 0.5) is 0 Å². The van der Waals surface area contributed by atoms with Crippen molar-refractivity contribution in [3.63, 3.8) is 0 Å². The maximum absolute atomic E-state index is 12.9. The van der Waals surface area contributed by atoms with Gasteiger partial charge in [0.05, 0.1) is 24.3 Å². The number of piperidine rings is 1. The minimum atomic E-state index is -0.0639. The third-order valence-corrected chi connectivity index (χ3v) is 4.56. The Labute approximate surface area is 136 Å². The summed E-state index contributed by atoms with van der Waals surface area (Å²) in [4.78, 5) is 17.0. The highest BCUT2D eigenvalue weighted by molar-refractivity contribution is 5.97. The van der Waals surface area contributed by atoms with E-state index in [1.807, 2.05) is 17.0 Å². The van der Waals surface area contributed by atoms with Crippen molar-refractivity contribution in [2.24, 2.45) is 0 Å². The van der Waals surface area contributed by atoms with Gasteiger partial charge in [-0.25, -0.2) is 0 Å². The first-order valence-electron chi connectivity index (χ1n) is 7.90. The Kier molecular flexibility index (Phi) is 4.79. The lowest BCUT2D eigenvalue weighted by Crippen LogP contribution is -2.59. The summed E-state index contributed by atoms with van der Waals surface area (Å²) in [5.41, 5.74) is 0.514. The first kappa shape index (κ1) is 15.8. The van der Waals surface area contributed by atoms with E-state index in [4.69, 9.17) is 14.7 Å². The molecule has 1 aromatic carbocycles. The molecule has 0 saturated carbocycles. The molecule has 6 heteroatoms. The van der Waals surface area contributed by atoms with Crippen LogP contribution in [0.3, 0.4) is 0 Å². The maximum Gasteiger partial charge on any atom is 0.257 e. The van der Waals surface area contributed by atoms with Gasteiger partial charge in [0.2, 0.25) is 0 Å². The lowest BCUT2D eigenvalue weighted by atomic mass is 9.98. The molecule has 0 spiro atoms. The fourth-order valence-corrected chi connectivity index (χ4v) is 3.28. The number of amides is 1. The van der Waals surface area contributed by atoms with Gasteiger partial charge in [0.15, 0.2) is 6.61 Å². The Morgan fingerprint density at radius 2 is 2.26 bits per heavy atom. The van der Waals surface area contributed by atoms with Crippen molar-refractivity contribution in [3.8, 4) is 11.8 Å². The third-order valence-electron chi connectivity index (χ3n) is 4.56. The molecule has 23 heavy (non-hydrogen) atoms. The summed E-state index contributed by atoms with van der Waals surface area (Å²) >= 11 is 0. The second-order valence-corrected chi connectivity index (χ2v) is 5.94. The highest BCUT2D eigenvalue weighted by Gasteiger charge is 2.37. The summed E-state index contributed by atoms with van der Waals surface area (Å²) in [6, 6.07) is 9.28. The predicted octanol–water partition coefficient (Wildman–Crippen LogP) is 1.13. The van der Waals surface area contributed by atoms with Crippen LogP contribution in [-0.2, 0) is 4.74 Å². The Balaban J connectivity index is 1.75. The van der Waals surface area contributed by atoms with Gasteiger partial charge in [-0.2, -0.15) is 5.26 Å². The van der Waals surface area contributed by atoms with Gasteiger partial charge in [-0.15, -0.1) is 0 Å². The largest absolute Gasteiger partial charge is 0.478 e. The van der Waals surface area contributed by atoms with E-state index in [1.54, 1.807) is 18.2 Å². The number of morpholine rings is 1. The number of hydrogen-bond donors (Lipinski definition) is 0. The molecule has 2 fully saturated rings. The number of rotatable bonds is 3. The summed E-state index contributed by atoms with van der Waals surface area (Å²) < 4.78 is 11.2. The molecule has 2 aliphatic rings. The molecule has 0 aromatic heterocycles. The van der Waals surface area contributed by atoms with E-state index in [0.29, 0.717) is 24.4 Å². The lowest BCUT2D eigenvalue weighted by Gasteiger charge is -2.45. The number of ether oxygens (including phenoxy) is 2. The molecule has 0 bridgehead atoms. The first-order chi connectivity index (χ1) is 11.2. The first-order valence-corrected chi connectivity index (χ1v) is 7.90. The number of para-hydroxylation sites is 1. The van der Waals surface area contributed by atoms with Gasteiger partial charge in [0.25, 0.3) is 5.91 Å². The molecule has 2 saturated heterocycles. The van der Waals surface area contributed by atoms with Crippen molar-refractivity contribution in [2.75, 3.05) is 39.9 Å². The monoisotopic (exact) mass is 315 g/mol. The zero-order valence-electron chi connectivity index (χ0n) is 13.3. The zero-order valence-corrected chi connectivity index (χ0v) is 13.3. The Morgan fingerprint density at radius 3 is 3.09 bits per heavy atom. The molecule has 1 aromatic rings. The van der Waals surface area contributed by atoms with Gasteiger partial charge < -0.3 is 14.4 Å². The van der Waals surface area contributed by atoms with Crippen LogP contribution in [0.2, 0.25) is 0 Å².